The molecule has 0 aliphatic rings. The van der Waals surface area contributed by atoms with Gasteiger partial charge in [-0.2, -0.15) is 0 Å². The molecule has 0 aromatic carbocycles. The smallest absolute Gasteiger partial charge is 0.462 e. The van der Waals surface area contributed by atoms with Crippen molar-refractivity contribution >= 4 is 19.8 Å². The van der Waals surface area contributed by atoms with Crippen LogP contribution in [0.3, 0.4) is 0 Å². The minimum Gasteiger partial charge on any atom is -0.462 e. The standard InChI is InChI=1S/C46H86NO8P/c1-3-5-7-9-11-13-15-17-19-21-23-24-26-28-30-32-34-36-38-45(48)52-42-44(43-54-56(50,51)53-41-40-47)55-46(49)39-37-35-33-31-29-27-25-22-20-18-16-14-12-10-8-6-4-2/h12,14,18,20,25,27,44H,3-11,13,15-17,19,21-24,26,28-43,47H2,1-2H3,(H,50,51)/b14-12+,20-18+,27-25+/t44-/m1/s1. The second-order valence-corrected chi connectivity index (χ2v) is 16.7. The van der Waals surface area contributed by atoms with Gasteiger partial charge in [-0.05, 0) is 51.4 Å². The fourth-order valence-corrected chi connectivity index (χ4v) is 7.11. The number of nitrogens with two attached hydrogens (primary N) is 1. The zero-order valence-corrected chi connectivity index (χ0v) is 37.0. The van der Waals surface area contributed by atoms with Crippen molar-refractivity contribution in [1.82, 2.24) is 0 Å². The van der Waals surface area contributed by atoms with E-state index >= 15 is 0 Å². The molecule has 0 aliphatic carbocycles. The van der Waals surface area contributed by atoms with Gasteiger partial charge in [-0.3, -0.25) is 18.6 Å². The van der Waals surface area contributed by atoms with Gasteiger partial charge >= 0.3 is 19.8 Å². The molecule has 0 radical (unpaired) electrons. The number of carbonyl (C=O) groups is 2. The van der Waals surface area contributed by atoms with Crippen LogP contribution >= 0.6 is 7.82 Å². The number of rotatable bonds is 43. The lowest BCUT2D eigenvalue weighted by Crippen LogP contribution is -2.29. The number of phosphoric ester groups is 1. The molecular weight excluding hydrogens is 725 g/mol. The average Bonchev–Trinajstić information content (AvgIpc) is 3.18. The summed E-state index contributed by atoms with van der Waals surface area (Å²) in [5.41, 5.74) is 5.35. The van der Waals surface area contributed by atoms with E-state index in [1.165, 1.54) is 122 Å². The van der Waals surface area contributed by atoms with Crippen LogP contribution < -0.4 is 5.73 Å². The van der Waals surface area contributed by atoms with Crippen molar-refractivity contribution in [3.63, 3.8) is 0 Å². The fraction of sp³-hybridized carbons (Fsp3) is 0.826. The summed E-state index contributed by atoms with van der Waals surface area (Å²) in [5.74, 6) is -0.847. The van der Waals surface area contributed by atoms with Crippen molar-refractivity contribution < 1.29 is 37.6 Å². The molecule has 0 bridgehead atoms. The predicted molar refractivity (Wildman–Crippen MR) is 234 cm³/mol. The molecule has 328 valence electrons. The molecular formula is C46H86NO8P. The van der Waals surface area contributed by atoms with Gasteiger partial charge < -0.3 is 20.1 Å². The van der Waals surface area contributed by atoms with Crippen molar-refractivity contribution in [2.45, 2.75) is 219 Å². The maximum absolute atomic E-state index is 12.6. The van der Waals surface area contributed by atoms with Crippen LogP contribution in [-0.2, 0) is 32.7 Å². The van der Waals surface area contributed by atoms with E-state index in [-0.39, 0.29) is 38.6 Å². The van der Waals surface area contributed by atoms with E-state index in [0.29, 0.717) is 6.42 Å². The van der Waals surface area contributed by atoms with Gasteiger partial charge in [0.05, 0.1) is 13.2 Å². The lowest BCUT2D eigenvalue weighted by atomic mass is 10.0. The van der Waals surface area contributed by atoms with Crippen LogP contribution in [0.5, 0.6) is 0 Å². The Bertz CT molecular complexity index is 1020. The highest BCUT2D eigenvalue weighted by atomic mass is 31.2. The summed E-state index contributed by atoms with van der Waals surface area (Å²) in [5, 5.41) is 0. The summed E-state index contributed by atoms with van der Waals surface area (Å²) in [6.45, 7) is 3.70. The highest BCUT2D eigenvalue weighted by molar-refractivity contribution is 7.47. The van der Waals surface area contributed by atoms with E-state index in [1.54, 1.807) is 0 Å². The van der Waals surface area contributed by atoms with E-state index in [2.05, 4.69) is 50.3 Å². The lowest BCUT2D eigenvalue weighted by molar-refractivity contribution is -0.161. The summed E-state index contributed by atoms with van der Waals surface area (Å²) in [4.78, 5) is 34.9. The molecule has 3 N–H and O–H groups in total. The Morgan fingerprint density at radius 1 is 0.536 bits per heavy atom. The number of ether oxygens (including phenoxy) is 2. The number of phosphoric acid groups is 1. The molecule has 0 heterocycles. The first-order valence-corrected chi connectivity index (χ1v) is 24.5. The number of esters is 2. The third-order valence-electron chi connectivity index (χ3n) is 9.78. The summed E-state index contributed by atoms with van der Waals surface area (Å²) < 4.78 is 32.8. The average molecular weight is 812 g/mol. The third kappa shape index (κ3) is 41.9. The molecule has 0 spiro atoms. The lowest BCUT2D eigenvalue weighted by Gasteiger charge is -2.19. The number of hydrogen-bond acceptors (Lipinski definition) is 8. The van der Waals surface area contributed by atoms with Crippen molar-refractivity contribution in [1.29, 1.82) is 0 Å². The molecule has 56 heavy (non-hydrogen) atoms. The van der Waals surface area contributed by atoms with Gasteiger partial charge in [0.2, 0.25) is 0 Å². The second kappa shape index (κ2) is 42.8. The largest absolute Gasteiger partial charge is 0.472 e. The monoisotopic (exact) mass is 812 g/mol. The third-order valence-corrected chi connectivity index (χ3v) is 10.8. The number of hydrogen-bond donors (Lipinski definition) is 2. The molecule has 0 rings (SSSR count). The van der Waals surface area contributed by atoms with Crippen LogP contribution in [0.1, 0.15) is 213 Å². The second-order valence-electron chi connectivity index (χ2n) is 15.3. The summed E-state index contributed by atoms with van der Waals surface area (Å²) >= 11 is 0. The van der Waals surface area contributed by atoms with E-state index in [1.807, 2.05) is 0 Å². The Labute approximate surface area is 344 Å². The molecule has 10 heteroatoms. The Hall–Kier alpha value is -1.77. The van der Waals surface area contributed by atoms with Gasteiger partial charge in [0.25, 0.3) is 0 Å². The van der Waals surface area contributed by atoms with Crippen LogP contribution in [0, 0.1) is 0 Å². The van der Waals surface area contributed by atoms with Crippen molar-refractivity contribution in [2.75, 3.05) is 26.4 Å². The zero-order valence-electron chi connectivity index (χ0n) is 36.1. The number of carbonyl (C=O) groups excluding carboxylic acids is 2. The predicted octanol–water partition coefficient (Wildman–Crippen LogP) is 13.3. The Morgan fingerprint density at radius 2 is 0.929 bits per heavy atom. The first-order chi connectivity index (χ1) is 27.3. The van der Waals surface area contributed by atoms with Crippen LogP contribution in [0.25, 0.3) is 0 Å². The van der Waals surface area contributed by atoms with Gasteiger partial charge in [-0.15, -0.1) is 0 Å². The molecule has 9 nitrogen and oxygen atoms in total. The first-order valence-electron chi connectivity index (χ1n) is 23.0. The fourth-order valence-electron chi connectivity index (χ4n) is 6.35. The molecule has 0 fully saturated rings. The number of allylic oxidation sites excluding steroid dienone is 6. The Kier molecular flexibility index (Phi) is 41.5. The van der Waals surface area contributed by atoms with Crippen molar-refractivity contribution in [3.05, 3.63) is 36.5 Å². The SMILES string of the molecule is CCCCC/C=C/C/C=C/C/C=C/CCCCCCC(=O)O[C@H](COC(=O)CCCCCCCCCCCCCCCCCCCC)COP(=O)(O)OCCN. The van der Waals surface area contributed by atoms with Crippen LogP contribution in [-0.4, -0.2) is 49.3 Å². The van der Waals surface area contributed by atoms with Gasteiger partial charge in [0.15, 0.2) is 6.10 Å². The van der Waals surface area contributed by atoms with Crippen LogP contribution in [0.2, 0.25) is 0 Å². The highest BCUT2D eigenvalue weighted by Gasteiger charge is 2.26. The Morgan fingerprint density at radius 3 is 1.41 bits per heavy atom. The van der Waals surface area contributed by atoms with E-state index in [4.69, 9.17) is 24.3 Å². The van der Waals surface area contributed by atoms with Crippen molar-refractivity contribution in [2.24, 2.45) is 5.73 Å². The molecule has 1 unspecified atom stereocenters. The first kappa shape index (κ1) is 54.2. The van der Waals surface area contributed by atoms with E-state index < -0.39 is 26.5 Å². The van der Waals surface area contributed by atoms with Crippen molar-refractivity contribution in [3.8, 4) is 0 Å². The van der Waals surface area contributed by atoms with Gasteiger partial charge in [-0.25, -0.2) is 4.57 Å². The topological polar surface area (TPSA) is 134 Å². The van der Waals surface area contributed by atoms with Gasteiger partial charge in [0.1, 0.15) is 6.61 Å². The quantitative estimate of drug-likeness (QED) is 0.0267. The van der Waals surface area contributed by atoms with Crippen LogP contribution in [0.15, 0.2) is 36.5 Å². The zero-order chi connectivity index (χ0) is 41.1. The van der Waals surface area contributed by atoms with Gasteiger partial charge in [-0.1, -0.05) is 185 Å². The summed E-state index contributed by atoms with van der Waals surface area (Å²) in [6.07, 6.45) is 47.4. The Balaban J connectivity index is 4.14. The van der Waals surface area contributed by atoms with Gasteiger partial charge in [0, 0.05) is 19.4 Å². The molecule has 0 aromatic rings. The number of unbranched alkanes of at least 4 members (excludes halogenated alkanes) is 24. The molecule has 0 aromatic heterocycles. The summed E-state index contributed by atoms with van der Waals surface area (Å²) in [7, 11) is -4.38. The molecule has 0 saturated carbocycles. The molecule has 0 aliphatic heterocycles. The molecule has 2 atom stereocenters. The highest BCUT2D eigenvalue weighted by Crippen LogP contribution is 2.43. The normalized spacial score (nSPS) is 13.6. The minimum atomic E-state index is -4.38. The maximum atomic E-state index is 12.6. The van der Waals surface area contributed by atoms with Crippen LogP contribution in [0.4, 0.5) is 0 Å². The summed E-state index contributed by atoms with van der Waals surface area (Å²) in [6, 6.07) is 0. The van der Waals surface area contributed by atoms with E-state index in [9.17, 15) is 19.0 Å². The van der Waals surface area contributed by atoms with E-state index in [0.717, 1.165) is 57.8 Å². The maximum Gasteiger partial charge on any atom is 0.472 e. The molecule has 0 amide bonds. The minimum absolute atomic E-state index is 0.0500. The molecule has 0 saturated heterocycles.